The number of imidazole rings is 1. The van der Waals surface area contributed by atoms with Crippen LogP contribution < -0.4 is 20.3 Å². The summed E-state index contributed by atoms with van der Waals surface area (Å²) in [5, 5.41) is 13.9. The highest BCUT2D eigenvalue weighted by Crippen LogP contribution is 2.55. The number of hydrogen-bond acceptors (Lipinski definition) is 14. The Morgan fingerprint density at radius 1 is 0.984 bits per heavy atom. The zero-order valence-electron chi connectivity index (χ0n) is 37.7. The minimum Gasteiger partial charge on any atom is -0.497 e. The molecule has 2 aliphatic rings. The Kier molecular flexibility index (Phi) is 14.5. The molecule has 340 valence electrons. The maximum absolute atomic E-state index is 13.5. The number of methoxy groups -OCH3 is 2. The largest absolute Gasteiger partial charge is 0.497 e. The fourth-order valence-electron chi connectivity index (χ4n) is 8.34. The quantitative estimate of drug-likeness (QED) is 0.0494. The second kappa shape index (κ2) is 19.9. The number of amides is 1. The number of fused-ring (bicyclic) bond motifs is 3. The highest BCUT2D eigenvalue weighted by Gasteiger charge is 2.64. The molecule has 64 heavy (non-hydrogen) atoms. The van der Waals surface area contributed by atoms with Gasteiger partial charge >= 0.3 is 0 Å². The number of hydrogen-bond donors (Lipinski definition) is 2. The van der Waals surface area contributed by atoms with Crippen molar-refractivity contribution in [3.8, 4) is 17.6 Å². The molecule has 2 aromatic heterocycles. The maximum atomic E-state index is 13.5. The number of likely N-dealkylation sites (N-methyl/N-ethyl adjacent to an activating group) is 1. The van der Waals surface area contributed by atoms with E-state index < -0.39 is 43.7 Å². The molecular weight excluding hydrogens is 840 g/mol. The van der Waals surface area contributed by atoms with Crippen LogP contribution in [0, 0.1) is 17.2 Å². The SMILES string of the molecule is COc1ccc(C(OC[C@@]23CN(C)O[C@@H]([C@H](n4cnc5c(=O)[nH]c(NC(=O)C(C)C)nc54)O2)[C@@H]3OP(OCCC#N)N(C(C)C)C(C)C)(c2ccccc2)c2ccc(OC)cc2)cc1. The maximum Gasteiger partial charge on any atom is 0.280 e. The first-order valence-corrected chi connectivity index (χ1v) is 22.4. The lowest BCUT2D eigenvalue weighted by Crippen LogP contribution is -2.61. The van der Waals surface area contributed by atoms with Gasteiger partial charge in [-0.05, 0) is 68.7 Å². The monoisotopic (exact) mass is 896 g/mol. The summed E-state index contributed by atoms with van der Waals surface area (Å²) in [5.41, 5.74) is -0.392. The smallest absolute Gasteiger partial charge is 0.280 e. The number of nitriles is 1. The second-order valence-electron chi connectivity index (χ2n) is 16.7. The van der Waals surface area contributed by atoms with E-state index in [4.69, 9.17) is 32.8 Å². The molecule has 2 fully saturated rings. The van der Waals surface area contributed by atoms with Crippen LogP contribution in [0.3, 0.4) is 0 Å². The summed E-state index contributed by atoms with van der Waals surface area (Å²) in [6.07, 6.45) is -1.10. The Hall–Kier alpha value is -5.28. The van der Waals surface area contributed by atoms with Crippen molar-refractivity contribution in [3.63, 3.8) is 0 Å². The van der Waals surface area contributed by atoms with Gasteiger partial charge in [-0.25, -0.2) is 9.65 Å². The van der Waals surface area contributed by atoms with Gasteiger partial charge in [0.15, 0.2) is 23.5 Å². The molecule has 18 heteroatoms. The van der Waals surface area contributed by atoms with E-state index in [1.165, 1.54) is 6.33 Å². The van der Waals surface area contributed by atoms with Crippen molar-refractivity contribution < 1.29 is 37.6 Å². The number of H-pyrrole nitrogens is 1. The number of anilines is 1. The van der Waals surface area contributed by atoms with Crippen molar-refractivity contribution >= 4 is 31.5 Å². The number of benzene rings is 3. The first-order valence-electron chi connectivity index (χ1n) is 21.3. The summed E-state index contributed by atoms with van der Waals surface area (Å²) < 4.78 is 43.6. The summed E-state index contributed by atoms with van der Waals surface area (Å²) in [4.78, 5) is 44.7. The van der Waals surface area contributed by atoms with Crippen LogP contribution in [0.5, 0.6) is 11.5 Å². The van der Waals surface area contributed by atoms with Gasteiger partial charge in [0.2, 0.25) is 11.9 Å². The summed E-state index contributed by atoms with van der Waals surface area (Å²) in [6, 6.07) is 27.7. The van der Waals surface area contributed by atoms with Gasteiger partial charge in [0.25, 0.3) is 14.1 Å². The van der Waals surface area contributed by atoms with Gasteiger partial charge in [-0.1, -0.05) is 68.4 Å². The van der Waals surface area contributed by atoms with E-state index >= 15 is 0 Å². The summed E-state index contributed by atoms with van der Waals surface area (Å²) >= 11 is 0. The Morgan fingerprint density at radius 3 is 2.16 bits per heavy atom. The van der Waals surface area contributed by atoms with Crippen molar-refractivity contribution in [2.45, 2.75) is 89.7 Å². The highest BCUT2D eigenvalue weighted by atomic mass is 31.2. The molecule has 2 N–H and O–H groups in total. The standard InChI is InChI=1S/C46H57N8O9P/c1-29(2)41(55)50-44-49-40-37(42(56)51-44)48-28-53(40)43-38-39(63-64(60-25-13-24-47)54(30(3)4)31(5)6)45(61-43,26-52(7)62-38)27-59-46(32-14-11-10-12-15-32,33-16-20-35(57-8)21-17-33)34-18-22-36(58-9)23-19-34/h10-12,14-23,28-31,38-39,43H,13,25-27H2,1-9H3,(H2,49,50,51,55,56)/t38-,39+,43-,45-,64?/m1/s1. The minimum atomic E-state index is -1.84. The number of ether oxygens (including phenoxy) is 4. The Morgan fingerprint density at radius 2 is 1.59 bits per heavy atom. The zero-order chi connectivity index (χ0) is 45.8. The van der Waals surface area contributed by atoms with Gasteiger partial charge < -0.3 is 28.0 Å². The average molecular weight is 897 g/mol. The lowest BCUT2D eigenvalue weighted by Gasteiger charge is -2.46. The molecule has 0 saturated carbocycles. The number of aromatic amines is 1. The molecule has 1 amide bonds. The van der Waals surface area contributed by atoms with Crippen LogP contribution in [0.1, 0.15) is 70.9 Å². The molecule has 7 rings (SSSR count). The van der Waals surface area contributed by atoms with Crippen LogP contribution in [0.15, 0.2) is 90.0 Å². The Balaban J connectivity index is 1.41. The number of carbonyl (C=O) groups excluding carboxylic acids is 1. The van der Waals surface area contributed by atoms with E-state index in [0.717, 1.165) is 16.7 Å². The molecule has 2 saturated heterocycles. The first-order chi connectivity index (χ1) is 30.7. The second-order valence-corrected chi connectivity index (χ2v) is 18.1. The fraction of sp³-hybridized carbons (Fsp3) is 0.457. The van der Waals surface area contributed by atoms with Crippen molar-refractivity contribution in [3.05, 3.63) is 112 Å². The van der Waals surface area contributed by atoms with Crippen molar-refractivity contribution in [1.82, 2.24) is 29.3 Å². The Labute approximate surface area is 374 Å². The predicted octanol–water partition coefficient (Wildman–Crippen LogP) is 6.91. The van der Waals surface area contributed by atoms with Gasteiger partial charge in [0.1, 0.15) is 28.8 Å². The van der Waals surface area contributed by atoms with E-state index in [2.05, 4.69) is 58.7 Å². The molecule has 17 nitrogen and oxygen atoms in total. The number of aromatic nitrogens is 4. The van der Waals surface area contributed by atoms with Gasteiger partial charge in [-0.15, -0.1) is 0 Å². The topological polar surface area (TPSA) is 188 Å². The number of hydroxylamine groups is 2. The molecule has 5 aromatic rings. The molecule has 0 aliphatic carbocycles. The van der Waals surface area contributed by atoms with Crippen LogP contribution in [-0.2, 0) is 33.8 Å². The number of carbonyl (C=O) groups is 1. The molecule has 3 aromatic carbocycles. The van der Waals surface area contributed by atoms with Crippen LogP contribution in [0.2, 0.25) is 0 Å². The molecule has 2 aliphatic heterocycles. The lowest BCUT2D eigenvalue weighted by atomic mass is 9.79. The van der Waals surface area contributed by atoms with Crippen LogP contribution in [0.25, 0.3) is 11.2 Å². The van der Waals surface area contributed by atoms with Crippen LogP contribution in [-0.4, -0.2) is 106 Å². The third-order valence-electron chi connectivity index (χ3n) is 11.3. The van der Waals surface area contributed by atoms with Crippen LogP contribution in [0.4, 0.5) is 5.95 Å². The first kappa shape index (κ1) is 46.7. The normalized spacial score (nSPS) is 20.6. The van der Waals surface area contributed by atoms with Gasteiger partial charge in [0.05, 0.1) is 52.8 Å². The van der Waals surface area contributed by atoms with Gasteiger partial charge in [0, 0.05) is 25.0 Å². The van der Waals surface area contributed by atoms with Crippen molar-refractivity contribution in [1.29, 1.82) is 5.26 Å². The fourth-order valence-corrected chi connectivity index (χ4v) is 10.2. The highest BCUT2D eigenvalue weighted by molar-refractivity contribution is 7.44. The van der Waals surface area contributed by atoms with Crippen LogP contribution >= 0.6 is 8.53 Å². The molecule has 0 spiro atoms. The average Bonchev–Trinajstić information content (AvgIpc) is 3.78. The summed E-state index contributed by atoms with van der Waals surface area (Å²) in [7, 11) is 3.23. The molecule has 2 bridgehead atoms. The minimum absolute atomic E-state index is 0.00851. The third-order valence-corrected chi connectivity index (χ3v) is 13.4. The van der Waals surface area contributed by atoms with Gasteiger partial charge in [-0.3, -0.25) is 29.3 Å². The lowest BCUT2D eigenvalue weighted by molar-refractivity contribution is -0.257. The van der Waals surface area contributed by atoms with E-state index in [-0.39, 0.29) is 67.2 Å². The molecule has 0 radical (unpaired) electrons. The Bertz CT molecular complexity index is 2400. The zero-order valence-corrected chi connectivity index (χ0v) is 38.6. The van der Waals surface area contributed by atoms with E-state index in [0.29, 0.717) is 11.5 Å². The molecule has 4 heterocycles. The van der Waals surface area contributed by atoms with Crippen molar-refractivity contribution in [2.24, 2.45) is 5.92 Å². The van der Waals surface area contributed by atoms with E-state index in [9.17, 15) is 14.9 Å². The molecular formula is C46H57N8O9P. The summed E-state index contributed by atoms with van der Waals surface area (Å²) in [6.45, 7) is 12.0. The van der Waals surface area contributed by atoms with E-state index in [1.807, 2.05) is 85.9 Å². The number of rotatable bonds is 19. The summed E-state index contributed by atoms with van der Waals surface area (Å²) in [5.74, 6) is 0.634. The van der Waals surface area contributed by atoms with E-state index in [1.54, 1.807) is 37.7 Å². The molecule has 1 unspecified atom stereocenters. The number of nitrogens with one attached hydrogen (secondary N) is 2. The number of nitrogens with zero attached hydrogens (tertiary/aromatic N) is 6. The predicted molar refractivity (Wildman–Crippen MR) is 240 cm³/mol. The van der Waals surface area contributed by atoms with Crippen molar-refractivity contribution in [2.75, 3.05) is 46.3 Å². The molecule has 5 atom stereocenters. The van der Waals surface area contributed by atoms with Gasteiger partial charge in [-0.2, -0.15) is 15.3 Å². The third kappa shape index (κ3) is 9.28.